The van der Waals surface area contributed by atoms with E-state index in [9.17, 15) is 4.79 Å². The Bertz CT molecular complexity index is 204. The topological polar surface area (TPSA) is 58.4 Å². The molecule has 16 heavy (non-hydrogen) atoms. The van der Waals surface area contributed by atoms with Crippen molar-refractivity contribution >= 4 is 5.91 Å². The lowest BCUT2D eigenvalue weighted by molar-refractivity contribution is -0.125. The van der Waals surface area contributed by atoms with E-state index in [2.05, 4.69) is 31.0 Å². The molecule has 0 bridgehead atoms. The van der Waals surface area contributed by atoms with Crippen molar-refractivity contribution in [1.29, 1.82) is 0 Å². The summed E-state index contributed by atoms with van der Waals surface area (Å²) >= 11 is 0. The maximum Gasteiger partial charge on any atom is 0.224 e. The Kier molecular flexibility index (Phi) is 7.34. The SMILES string of the molecule is CC(C)CC(CN)C(=O)NCC(C)N(C)C. The highest BCUT2D eigenvalue weighted by Crippen LogP contribution is 2.10. The van der Waals surface area contributed by atoms with Gasteiger partial charge in [-0.2, -0.15) is 0 Å². The van der Waals surface area contributed by atoms with E-state index < -0.39 is 0 Å². The van der Waals surface area contributed by atoms with Crippen LogP contribution in [0.1, 0.15) is 27.2 Å². The van der Waals surface area contributed by atoms with Crippen molar-refractivity contribution < 1.29 is 4.79 Å². The summed E-state index contributed by atoms with van der Waals surface area (Å²) in [7, 11) is 4.01. The molecule has 1 amide bonds. The van der Waals surface area contributed by atoms with E-state index in [4.69, 9.17) is 5.73 Å². The molecule has 0 saturated heterocycles. The minimum absolute atomic E-state index is 0.0469. The predicted molar refractivity (Wildman–Crippen MR) is 68.2 cm³/mol. The van der Waals surface area contributed by atoms with Crippen molar-refractivity contribution in [3.8, 4) is 0 Å². The number of hydrogen-bond acceptors (Lipinski definition) is 3. The summed E-state index contributed by atoms with van der Waals surface area (Å²) in [5.74, 6) is 0.546. The van der Waals surface area contributed by atoms with E-state index in [1.54, 1.807) is 0 Å². The summed E-state index contributed by atoms with van der Waals surface area (Å²) in [6, 6.07) is 0.349. The Balaban J connectivity index is 4.02. The van der Waals surface area contributed by atoms with Crippen LogP contribution < -0.4 is 11.1 Å². The third kappa shape index (κ3) is 6.08. The highest BCUT2D eigenvalue weighted by Gasteiger charge is 2.18. The lowest BCUT2D eigenvalue weighted by Crippen LogP contribution is -2.42. The van der Waals surface area contributed by atoms with Crippen LogP contribution in [0.3, 0.4) is 0 Å². The molecule has 4 nitrogen and oxygen atoms in total. The summed E-state index contributed by atoms with van der Waals surface area (Å²) in [6.45, 7) is 7.41. The van der Waals surface area contributed by atoms with Gasteiger partial charge in [-0.15, -0.1) is 0 Å². The minimum atomic E-state index is -0.0469. The van der Waals surface area contributed by atoms with Crippen molar-refractivity contribution in [2.45, 2.75) is 33.2 Å². The van der Waals surface area contributed by atoms with Crippen LogP contribution in [0.15, 0.2) is 0 Å². The number of amides is 1. The summed E-state index contributed by atoms with van der Waals surface area (Å²) in [4.78, 5) is 13.9. The van der Waals surface area contributed by atoms with Crippen LogP contribution in [0.25, 0.3) is 0 Å². The van der Waals surface area contributed by atoms with E-state index in [-0.39, 0.29) is 11.8 Å². The maximum absolute atomic E-state index is 11.8. The molecule has 0 aliphatic carbocycles. The van der Waals surface area contributed by atoms with Crippen molar-refractivity contribution in [2.75, 3.05) is 27.2 Å². The highest BCUT2D eigenvalue weighted by atomic mass is 16.1. The van der Waals surface area contributed by atoms with Gasteiger partial charge in [-0.05, 0) is 33.4 Å². The molecule has 0 aromatic heterocycles. The first kappa shape index (κ1) is 15.4. The van der Waals surface area contributed by atoms with Gasteiger partial charge in [0.2, 0.25) is 5.91 Å². The first-order valence-electron chi connectivity index (χ1n) is 6.02. The molecule has 0 saturated carbocycles. The molecule has 0 heterocycles. The second kappa shape index (κ2) is 7.63. The average molecular weight is 229 g/mol. The molecule has 0 radical (unpaired) electrons. The van der Waals surface area contributed by atoms with Gasteiger partial charge in [0, 0.05) is 19.1 Å². The van der Waals surface area contributed by atoms with Gasteiger partial charge in [0.15, 0.2) is 0 Å². The van der Waals surface area contributed by atoms with E-state index in [1.807, 2.05) is 14.1 Å². The lowest BCUT2D eigenvalue weighted by atomic mass is 9.96. The molecule has 0 aromatic rings. The van der Waals surface area contributed by atoms with Crippen LogP contribution >= 0.6 is 0 Å². The predicted octanol–water partition coefficient (Wildman–Crippen LogP) is 0.674. The Hall–Kier alpha value is -0.610. The number of nitrogens with two attached hydrogens (primary N) is 1. The molecule has 96 valence electrons. The van der Waals surface area contributed by atoms with Gasteiger partial charge in [0.1, 0.15) is 0 Å². The number of likely N-dealkylation sites (N-methyl/N-ethyl adjacent to an activating group) is 1. The normalized spacial score (nSPS) is 15.2. The van der Waals surface area contributed by atoms with Crippen LogP contribution in [0.5, 0.6) is 0 Å². The maximum atomic E-state index is 11.8. The van der Waals surface area contributed by atoms with E-state index in [1.165, 1.54) is 0 Å². The molecular formula is C12H27N3O. The van der Waals surface area contributed by atoms with Crippen LogP contribution in [0.2, 0.25) is 0 Å². The Morgan fingerprint density at radius 2 is 1.88 bits per heavy atom. The zero-order chi connectivity index (χ0) is 12.7. The second-order valence-corrected chi connectivity index (χ2v) is 5.12. The molecule has 0 fully saturated rings. The van der Waals surface area contributed by atoms with Crippen LogP contribution in [0, 0.1) is 11.8 Å². The molecule has 2 atom stereocenters. The smallest absolute Gasteiger partial charge is 0.224 e. The van der Waals surface area contributed by atoms with E-state index in [0.717, 1.165) is 6.42 Å². The van der Waals surface area contributed by atoms with Crippen molar-refractivity contribution in [3.05, 3.63) is 0 Å². The number of carbonyl (C=O) groups is 1. The quantitative estimate of drug-likeness (QED) is 0.675. The molecular weight excluding hydrogens is 202 g/mol. The summed E-state index contributed by atoms with van der Waals surface area (Å²) in [5, 5.41) is 2.96. The number of hydrogen-bond donors (Lipinski definition) is 2. The zero-order valence-electron chi connectivity index (χ0n) is 11.3. The molecule has 0 aromatic carbocycles. The largest absolute Gasteiger partial charge is 0.354 e. The van der Waals surface area contributed by atoms with Gasteiger partial charge >= 0.3 is 0 Å². The third-order valence-electron chi connectivity index (χ3n) is 2.86. The number of rotatable bonds is 7. The number of nitrogens with one attached hydrogen (secondary N) is 1. The first-order valence-corrected chi connectivity index (χ1v) is 6.02. The third-order valence-corrected chi connectivity index (χ3v) is 2.86. The van der Waals surface area contributed by atoms with Crippen LogP contribution in [-0.4, -0.2) is 44.0 Å². The molecule has 0 spiro atoms. The van der Waals surface area contributed by atoms with Gasteiger partial charge in [-0.1, -0.05) is 13.8 Å². The molecule has 3 N–H and O–H groups in total. The summed E-state index contributed by atoms with van der Waals surface area (Å²) in [6.07, 6.45) is 0.860. The number of nitrogens with zero attached hydrogens (tertiary/aromatic N) is 1. The van der Waals surface area contributed by atoms with Crippen molar-refractivity contribution in [2.24, 2.45) is 17.6 Å². The molecule has 4 heteroatoms. The molecule has 0 aliphatic heterocycles. The second-order valence-electron chi connectivity index (χ2n) is 5.12. The lowest BCUT2D eigenvalue weighted by Gasteiger charge is -2.22. The Morgan fingerprint density at radius 1 is 1.31 bits per heavy atom. The fraction of sp³-hybridized carbons (Fsp3) is 0.917. The van der Waals surface area contributed by atoms with Gasteiger partial charge in [0.25, 0.3) is 0 Å². The fourth-order valence-electron chi connectivity index (χ4n) is 1.45. The highest BCUT2D eigenvalue weighted by molar-refractivity contribution is 5.78. The summed E-state index contributed by atoms with van der Waals surface area (Å²) in [5.41, 5.74) is 5.62. The van der Waals surface area contributed by atoms with Gasteiger partial charge in [-0.25, -0.2) is 0 Å². The fourth-order valence-corrected chi connectivity index (χ4v) is 1.45. The van der Waals surface area contributed by atoms with Crippen molar-refractivity contribution in [3.63, 3.8) is 0 Å². The molecule has 0 aliphatic rings. The van der Waals surface area contributed by atoms with E-state index >= 15 is 0 Å². The van der Waals surface area contributed by atoms with Gasteiger partial charge in [0.05, 0.1) is 5.92 Å². The minimum Gasteiger partial charge on any atom is -0.354 e. The van der Waals surface area contributed by atoms with Gasteiger partial charge < -0.3 is 16.0 Å². The van der Waals surface area contributed by atoms with E-state index in [0.29, 0.717) is 25.0 Å². The van der Waals surface area contributed by atoms with Crippen LogP contribution in [0.4, 0.5) is 0 Å². The zero-order valence-corrected chi connectivity index (χ0v) is 11.3. The number of carbonyl (C=O) groups excluding carboxylic acids is 1. The summed E-state index contributed by atoms with van der Waals surface area (Å²) < 4.78 is 0. The standard InChI is InChI=1S/C12H27N3O/c1-9(2)6-11(7-13)12(16)14-8-10(3)15(4)5/h9-11H,6-8,13H2,1-5H3,(H,14,16). The first-order chi connectivity index (χ1) is 7.38. The molecule has 2 unspecified atom stereocenters. The monoisotopic (exact) mass is 229 g/mol. The van der Waals surface area contributed by atoms with Crippen molar-refractivity contribution in [1.82, 2.24) is 10.2 Å². The Morgan fingerprint density at radius 3 is 2.25 bits per heavy atom. The van der Waals surface area contributed by atoms with Crippen LogP contribution in [-0.2, 0) is 4.79 Å². The molecule has 0 rings (SSSR count). The Labute approximate surface area is 99.6 Å². The average Bonchev–Trinajstić information content (AvgIpc) is 2.21. The van der Waals surface area contributed by atoms with Gasteiger partial charge in [-0.3, -0.25) is 4.79 Å².